The van der Waals surface area contributed by atoms with Crippen molar-refractivity contribution in [3.8, 4) is 11.5 Å². The molecule has 62 heavy (non-hydrogen) atoms. The number of rotatable bonds is 21. The number of hydrogen-bond donors (Lipinski definition) is 2. The van der Waals surface area contributed by atoms with Crippen molar-refractivity contribution in [3.63, 3.8) is 0 Å². The Kier molecular flexibility index (Phi) is 15.9. The summed E-state index contributed by atoms with van der Waals surface area (Å²) in [7, 11) is -3.23. The molecule has 4 aromatic rings. The number of anilines is 2. The topological polar surface area (TPSA) is 168 Å². The molecule has 1 fully saturated rings. The molecule has 0 spiro atoms. The summed E-state index contributed by atoms with van der Waals surface area (Å²) in [5, 5.41) is 5.38. The molecule has 15 heteroatoms. The van der Waals surface area contributed by atoms with E-state index < -0.39 is 57.2 Å². The molecule has 5 amide bonds. The van der Waals surface area contributed by atoms with Crippen molar-refractivity contribution >= 4 is 62.5 Å². The van der Waals surface area contributed by atoms with Crippen LogP contribution in [0.3, 0.4) is 0 Å². The van der Waals surface area contributed by atoms with E-state index in [2.05, 4.69) is 30.5 Å². The summed E-state index contributed by atoms with van der Waals surface area (Å²) >= 11 is 6.56. The van der Waals surface area contributed by atoms with Crippen molar-refractivity contribution in [2.24, 2.45) is 0 Å². The number of carbonyl (C=O) groups excluding carboxylic acids is 5. The first-order chi connectivity index (χ1) is 29.6. The van der Waals surface area contributed by atoms with Crippen molar-refractivity contribution in [1.82, 2.24) is 9.21 Å². The predicted octanol–water partition coefficient (Wildman–Crippen LogP) is 9.23. The van der Waals surface area contributed by atoms with Gasteiger partial charge in [-0.15, -0.1) is 0 Å². The van der Waals surface area contributed by atoms with Crippen molar-refractivity contribution in [3.05, 3.63) is 113 Å². The maximum Gasteiger partial charge on any atom is 0.342 e. The molecule has 4 aromatic carbocycles. The number of imide groups is 1. The van der Waals surface area contributed by atoms with Crippen LogP contribution in [0.15, 0.2) is 95.9 Å². The van der Waals surface area contributed by atoms with E-state index in [0.717, 1.165) is 62.5 Å². The molecule has 0 bridgehead atoms. The van der Waals surface area contributed by atoms with Crippen molar-refractivity contribution < 1.29 is 41.9 Å². The van der Waals surface area contributed by atoms with E-state index in [-0.39, 0.29) is 26.9 Å². The molecule has 1 heterocycles. The van der Waals surface area contributed by atoms with E-state index in [1.165, 1.54) is 87.7 Å². The van der Waals surface area contributed by atoms with Crippen LogP contribution in [0.4, 0.5) is 16.2 Å². The van der Waals surface area contributed by atoms with E-state index in [9.17, 15) is 32.4 Å². The fourth-order valence-electron chi connectivity index (χ4n) is 7.25. The second-order valence-corrected chi connectivity index (χ2v) is 17.9. The number of halogens is 1. The molecule has 0 aromatic heterocycles. The van der Waals surface area contributed by atoms with Crippen LogP contribution in [0.25, 0.3) is 0 Å². The lowest BCUT2D eigenvalue weighted by atomic mass is 10.00. The highest BCUT2D eigenvalue weighted by Crippen LogP contribution is 2.36. The summed E-state index contributed by atoms with van der Waals surface area (Å²) in [6.45, 7) is 8.59. The number of amides is 5. The molecule has 1 aliphatic rings. The lowest BCUT2D eigenvalue weighted by Crippen LogP contribution is -2.53. The molecule has 2 atom stereocenters. The van der Waals surface area contributed by atoms with Gasteiger partial charge in [-0.25, -0.2) is 22.4 Å². The zero-order chi connectivity index (χ0) is 45.2. The molecule has 2 unspecified atom stereocenters. The number of ether oxygens (including phenoxy) is 2. The SMILES string of the molecule is CCCCCc1cc(CCCCC)cc(OC(CC)C(=O)Nc2ccc(Cl)c(NC(=O)C(C(=O)c3ccc(OC)cc3)N3C(=O)N(S(=O)(=O)c4ccccc4)C(C)(C)C3=O)c2)c1. The van der Waals surface area contributed by atoms with Gasteiger partial charge in [-0.2, -0.15) is 0 Å². The third kappa shape index (κ3) is 10.8. The van der Waals surface area contributed by atoms with Crippen LogP contribution in [0.1, 0.15) is 101 Å². The normalized spacial score (nSPS) is 14.6. The fraction of sp³-hybridized carbons (Fsp3) is 0.383. The van der Waals surface area contributed by atoms with Gasteiger partial charge < -0.3 is 20.1 Å². The van der Waals surface area contributed by atoms with Gasteiger partial charge >= 0.3 is 6.03 Å². The number of aryl methyl sites for hydroxylation is 2. The van der Waals surface area contributed by atoms with Gasteiger partial charge in [0.2, 0.25) is 0 Å². The van der Waals surface area contributed by atoms with Crippen LogP contribution in [0.5, 0.6) is 11.5 Å². The summed E-state index contributed by atoms with van der Waals surface area (Å²) in [6.07, 6.45) is 7.81. The Hall–Kier alpha value is -5.73. The first kappa shape index (κ1) is 47.3. The minimum atomic E-state index is -4.66. The quantitative estimate of drug-likeness (QED) is 0.0359. The third-order valence-corrected chi connectivity index (χ3v) is 12.9. The Morgan fingerprint density at radius 3 is 1.94 bits per heavy atom. The third-order valence-electron chi connectivity index (χ3n) is 10.6. The lowest BCUT2D eigenvalue weighted by molar-refractivity contribution is -0.135. The zero-order valence-electron chi connectivity index (χ0n) is 36.0. The van der Waals surface area contributed by atoms with E-state index in [1.807, 2.05) is 19.1 Å². The minimum absolute atomic E-state index is 0.00142. The molecule has 0 radical (unpaired) electrons. The minimum Gasteiger partial charge on any atom is -0.497 e. The molecular weight excluding hydrogens is 832 g/mol. The number of nitrogens with one attached hydrogen (secondary N) is 2. The highest BCUT2D eigenvalue weighted by molar-refractivity contribution is 7.89. The van der Waals surface area contributed by atoms with E-state index in [4.69, 9.17) is 21.1 Å². The Balaban J connectivity index is 1.43. The smallest absolute Gasteiger partial charge is 0.342 e. The number of benzene rings is 4. The number of hydrogen-bond acceptors (Lipinski definition) is 9. The van der Waals surface area contributed by atoms with Gasteiger partial charge in [-0.05, 0) is 124 Å². The van der Waals surface area contributed by atoms with Crippen LogP contribution < -0.4 is 20.1 Å². The number of methoxy groups -OCH3 is 1. The maximum atomic E-state index is 14.4. The van der Waals surface area contributed by atoms with Gasteiger partial charge in [0.1, 0.15) is 17.0 Å². The Morgan fingerprint density at radius 2 is 1.37 bits per heavy atom. The fourth-order valence-corrected chi connectivity index (χ4v) is 9.10. The highest BCUT2D eigenvalue weighted by atomic mass is 35.5. The van der Waals surface area contributed by atoms with Crippen LogP contribution in [-0.2, 0) is 37.2 Å². The summed E-state index contributed by atoms with van der Waals surface area (Å²) in [6, 6.07) is 19.5. The van der Waals surface area contributed by atoms with Crippen LogP contribution in [0.2, 0.25) is 5.02 Å². The number of nitrogens with zero attached hydrogens (tertiary/aromatic N) is 2. The monoisotopic (exact) mass is 886 g/mol. The Bertz CT molecular complexity index is 2340. The average molecular weight is 887 g/mol. The molecule has 13 nitrogen and oxygen atoms in total. The number of sulfonamides is 1. The summed E-state index contributed by atoms with van der Waals surface area (Å²) in [4.78, 5) is 70.9. The van der Waals surface area contributed by atoms with E-state index in [1.54, 1.807) is 6.07 Å². The van der Waals surface area contributed by atoms with E-state index in [0.29, 0.717) is 27.1 Å². The number of Topliss-reactive ketones (excluding diaryl/α,β-unsaturated/α-hetero) is 1. The number of carbonyl (C=O) groups is 5. The van der Waals surface area contributed by atoms with Crippen molar-refractivity contribution in [1.29, 1.82) is 0 Å². The van der Waals surface area contributed by atoms with Crippen LogP contribution in [0, 0.1) is 0 Å². The Morgan fingerprint density at radius 1 is 0.758 bits per heavy atom. The Labute approximate surface area is 369 Å². The number of unbranched alkanes of at least 4 members (excludes halogenated alkanes) is 4. The van der Waals surface area contributed by atoms with Gasteiger partial charge in [0.15, 0.2) is 17.9 Å². The second-order valence-electron chi connectivity index (χ2n) is 15.7. The molecule has 1 aliphatic heterocycles. The van der Waals surface area contributed by atoms with Gasteiger partial charge in [0.25, 0.3) is 27.7 Å². The standard InChI is InChI=1S/C47H55ClN4O9S/c1-7-10-13-17-31-27-32(18-14-11-8-2)29-36(28-31)61-40(9-3)43(54)49-34-23-26-38(48)39(30-34)50-44(55)41(42(53)33-21-24-35(60-6)25-22-33)51-45(56)47(4,5)52(46(51)57)62(58,59)37-19-15-12-16-20-37/h12,15-16,19-30,40-41H,7-11,13-14,17-18H2,1-6H3,(H,49,54)(H,50,55). The molecule has 5 rings (SSSR count). The largest absolute Gasteiger partial charge is 0.497 e. The average Bonchev–Trinajstić information content (AvgIpc) is 3.43. The summed E-state index contributed by atoms with van der Waals surface area (Å²) < 4.78 is 39.7. The van der Waals surface area contributed by atoms with E-state index >= 15 is 0 Å². The van der Waals surface area contributed by atoms with Crippen LogP contribution >= 0.6 is 11.6 Å². The van der Waals surface area contributed by atoms with Crippen LogP contribution in [-0.4, -0.2) is 72.0 Å². The molecule has 2 N–H and O–H groups in total. The predicted molar refractivity (Wildman–Crippen MR) is 239 cm³/mol. The van der Waals surface area contributed by atoms with Gasteiger partial charge in [-0.3, -0.25) is 19.2 Å². The summed E-state index contributed by atoms with van der Waals surface area (Å²) in [5.74, 6) is -2.74. The molecule has 0 aliphatic carbocycles. The summed E-state index contributed by atoms with van der Waals surface area (Å²) in [5.41, 5.74) is 0.345. The highest BCUT2D eigenvalue weighted by Gasteiger charge is 2.61. The number of urea groups is 1. The van der Waals surface area contributed by atoms with Gasteiger partial charge in [0, 0.05) is 11.3 Å². The molecule has 0 saturated carbocycles. The van der Waals surface area contributed by atoms with Crippen molar-refractivity contribution in [2.75, 3.05) is 17.7 Å². The molecule has 330 valence electrons. The zero-order valence-corrected chi connectivity index (χ0v) is 37.6. The molecular formula is C47H55ClN4O9S. The number of ketones is 1. The first-order valence-corrected chi connectivity index (χ1v) is 22.8. The second kappa shape index (κ2) is 20.9. The molecule has 1 saturated heterocycles. The lowest BCUT2D eigenvalue weighted by Gasteiger charge is -2.26. The maximum absolute atomic E-state index is 14.4. The van der Waals surface area contributed by atoms with Crippen molar-refractivity contribution in [2.45, 2.75) is 115 Å². The van der Waals surface area contributed by atoms with Gasteiger partial charge in [-0.1, -0.05) is 82.3 Å². The van der Waals surface area contributed by atoms with Gasteiger partial charge in [0.05, 0.1) is 22.7 Å². The first-order valence-electron chi connectivity index (χ1n) is 20.9.